The molecular weight excluding hydrogens is 214 g/mol. The van der Waals surface area contributed by atoms with E-state index in [0.717, 1.165) is 0 Å². The Morgan fingerprint density at radius 3 is 2.56 bits per heavy atom. The van der Waals surface area contributed by atoms with Crippen LogP contribution in [0.4, 0.5) is 0 Å². The van der Waals surface area contributed by atoms with E-state index < -0.39 is 17.9 Å². The van der Waals surface area contributed by atoms with E-state index in [9.17, 15) is 9.59 Å². The monoisotopic (exact) mass is 229 g/mol. The first-order chi connectivity index (χ1) is 7.55. The van der Waals surface area contributed by atoms with Crippen molar-refractivity contribution in [2.75, 3.05) is 14.2 Å². The Morgan fingerprint density at radius 2 is 2.06 bits per heavy atom. The minimum absolute atomic E-state index is 0.0588. The second kappa shape index (κ2) is 3.80. The topological polar surface area (TPSA) is 65.1 Å². The summed E-state index contributed by atoms with van der Waals surface area (Å²) in [6.45, 7) is 1.39. The molecule has 2 aliphatic rings. The first-order valence-corrected chi connectivity index (χ1v) is 5.13. The molecule has 1 saturated heterocycles. The molecule has 0 spiro atoms. The molecule has 2 bridgehead atoms. The van der Waals surface area contributed by atoms with E-state index in [1.165, 1.54) is 26.2 Å². The van der Waals surface area contributed by atoms with E-state index in [0.29, 0.717) is 0 Å². The van der Waals surface area contributed by atoms with Gasteiger partial charge in [-0.3, -0.25) is 14.4 Å². The molecule has 0 N–H and O–H groups in total. The molecule has 1 saturated carbocycles. The molecule has 0 unspecified atom stereocenters. The zero-order valence-corrected chi connectivity index (χ0v) is 9.56. The number of hydroxylamine groups is 2. The van der Waals surface area contributed by atoms with Crippen molar-refractivity contribution in [2.45, 2.75) is 37.7 Å². The highest BCUT2D eigenvalue weighted by Crippen LogP contribution is 2.42. The lowest BCUT2D eigenvalue weighted by Crippen LogP contribution is -2.57. The molecule has 2 rings (SSSR count). The molecule has 1 amide bonds. The zero-order chi connectivity index (χ0) is 11.9. The van der Waals surface area contributed by atoms with E-state index in [2.05, 4.69) is 0 Å². The van der Waals surface area contributed by atoms with Crippen LogP contribution in [0.5, 0.6) is 0 Å². The summed E-state index contributed by atoms with van der Waals surface area (Å²) < 4.78 is 10.7. The summed E-state index contributed by atoms with van der Waals surface area (Å²) in [7, 11) is 2.98. The van der Waals surface area contributed by atoms with Gasteiger partial charge in [0.15, 0.2) is 0 Å². The van der Waals surface area contributed by atoms with Crippen LogP contribution in [0.25, 0.3) is 0 Å². The smallest absolute Gasteiger partial charge is 0.243 e. The summed E-state index contributed by atoms with van der Waals surface area (Å²) in [5, 5.41) is 1.20. The maximum absolute atomic E-state index is 11.5. The highest BCUT2D eigenvalue weighted by molar-refractivity contribution is 5.83. The quantitative estimate of drug-likeness (QED) is 0.617. The Labute approximate surface area is 93.4 Å². The molecule has 2 atom stereocenters. The minimum atomic E-state index is -1.01. The number of fused-ring (bicyclic) bond motifs is 2. The number of carbonyl (C=O) groups excluding carboxylic acids is 2. The second-order valence-corrected chi connectivity index (χ2v) is 4.03. The summed E-state index contributed by atoms with van der Waals surface area (Å²) in [6.07, 6.45) is -0.127. The van der Waals surface area contributed by atoms with Gasteiger partial charge in [0.25, 0.3) is 0 Å². The SMILES string of the molecule is COC1(OC)[C@H]2CC(=O)C[C@H]1N(C(C)=O)O2. The van der Waals surface area contributed by atoms with Crippen molar-refractivity contribution in [3.63, 3.8) is 0 Å². The number of methoxy groups -OCH3 is 2. The van der Waals surface area contributed by atoms with Crippen molar-refractivity contribution >= 4 is 11.7 Å². The Hall–Kier alpha value is -0.980. The van der Waals surface area contributed by atoms with E-state index >= 15 is 0 Å². The van der Waals surface area contributed by atoms with Gasteiger partial charge in [-0.1, -0.05) is 0 Å². The van der Waals surface area contributed by atoms with Crippen LogP contribution in [0.3, 0.4) is 0 Å². The fourth-order valence-electron chi connectivity index (χ4n) is 2.48. The van der Waals surface area contributed by atoms with Crippen molar-refractivity contribution in [1.29, 1.82) is 0 Å². The number of amides is 1. The fourth-order valence-corrected chi connectivity index (χ4v) is 2.48. The first kappa shape index (κ1) is 11.5. The number of nitrogens with zero attached hydrogens (tertiary/aromatic N) is 1. The highest BCUT2D eigenvalue weighted by Gasteiger charge is 2.62. The lowest BCUT2D eigenvalue weighted by atomic mass is 9.86. The molecule has 16 heavy (non-hydrogen) atoms. The molecule has 0 aromatic carbocycles. The summed E-state index contributed by atoms with van der Waals surface area (Å²) >= 11 is 0. The third-order valence-electron chi connectivity index (χ3n) is 3.22. The van der Waals surface area contributed by atoms with Gasteiger partial charge < -0.3 is 9.47 Å². The molecule has 6 heteroatoms. The van der Waals surface area contributed by atoms with Crippen molar-refractivity contribution < 1.29 is 23.9 Å². The Bertz CT molecular complexity index is 325. The Morgan fingerprint density at radius 1 is 1.44 bits per heavy atom. The van der Waals surface area contributed by atoms with Crippen molar-refractivity contribution in [3.05, 3.63) is 0 Å². The van der Waals surface area contributed by atoms with Crippen LogP contribution in [-0.2, 0) is 23.9 Å². The van der Waals surface area contributed by atoms with Crippen LogP contribution in [0.1, 0.15) is 19.8 Å². The first-order valence-electron chi connectivity index (χ1n) is 5.13. The van der Waals surface area contributed by atoms with E-state index in [1.54, 1.807) is 0 Å². The predicted molar refractivity (Wildman–Crippen MR) is 52.2 cm³/mol. The van der Waals surface area contributed by atoms with Crippen LogP contribution < -0.4 is 0 Å². The van der Waals surface area contributed by atoms with Gasteiger partial charge in [-0.2, -0.15) is 0 Å². The van der Waals surface area contributed by atoms with Crippen LogP contribution >= 0.6 is 0 Å². The van der Waals surface area contributed by atoms with Crippen LogP contribution in [0.15, 0.2) is 0 Å². The van der Waals surface area contributed by atoms with E-state index in [4.69, 9.17) is 14.3 Å². The van der Waals surface area contributed by atoms with Crippen LogP contribution in [0, 0.1) is 0 Å². The molecular formula is C10H15NO5. The summed E-state index contributed by atoms with van der Waals surface area (Å²) in [5.41, 5.74) is 0. The number of ether oxygens (including phenoxy) is 2. The number of hydrogen-bond donors (Lipinski definition) is 0. The lowest BCUT2D eigenvalue weighted by Gasteiger charge is -2.37. The summed E-state index contributed by atoms with van der Waals surface area (Å²) in [4.78, 5) is 28.3. The number of rotatable bonds is 2. The van der Waals surface area contributed by atoms with Gasteiger partial charge in [0.1, 0.15) is 17.9 Å². The number of hydrogen-bond acceptors (Lipinski definition) is 5. The standard InChI is InChI=1S/C10H15NO5/c1-6(12)11-8-4-7(13)5-9(16-11)10(8,14-2)15-3/h8-9H,4-5H2,1-3H3/t8-,9-/m1/s1. The van der Waals surface area contributed by atoms with Gasteiger partial charge >= 0.3 is 0 Å². The maximum Gasteiger partial charge on any atom is 0.243 e. The molecule has 1 aliphatic carbocycles. The van der Waals surface area contributed by atoms with Gasteiger partial charge in [0, 0.05) is 34.0 Å². The molecule has 0 radical (unpaired) electrons. The van der Waals surface area contributed by atoms with Crippen molar-refractivity contribution in [2.24, 2.45) is 0 Å². The largest absolute Gasteiger partial charge is 0.349 e. The van der Waals surface area contributed by atoms with E-state index in [-0.39, 0.29) is 24.5 Å². The highest BCUT2D eigenvalue weighted by atomic mass is 16.8. The van der Waals surface area contributed by atoms with Gasteiger partial charge in [0.05, 0.1) is 0 Å². The molecule has 1 heterocycles. The lowest BCUT2D eigenvalue weighted by molar-refractivity contribution is -0.244. The van der Waals surface area contributed by atoms with Crippen molar-refractivity contribution in [3.8, 4) is 0 Å². The average Bonchev–Trinajstić information content (AvgIpc) is 2.41. The molecule has 0 aromatic heterocycles. The van der Waals surface area contributed by atoms with Crippen LogP contribution in [0.2, 0.25) is 0 Å². The molecule has 1 aliphatic heterocycles. The van der Waals surface area contributed by atoms with Gasteiger partial charge in [0.2, 0.25) is 11.7 Å². The van der Waals surface area contributed by atoms with Gasteiger partial charge in [-0.05, 0) is 0 Å². The number of carbonyl (C=O) groups is 2. The molecule has 2 fully saturated rings. The predicted octanol–water partition coefficient (Wildman–Crippen LogP) is -0.131. The molecule has 6 nitrogen and oxygen atoms in total. The zero-order valence-electron chi connectivity index (χ0n) is 9.56. The van der Waals surface area contributed by atoms with E-state index in [1.807, 2.05) is 0 Å². The third kappa shape index (κ3) is 1.37. The number of ketones is 1. The summed E-state index contributed by atoms with van der Waals surface area (Å²) in [5.74, 6) is -1.20. The third-order valence-corrected chi connectivity index (χ3v) is 3.22. The second-order valence-electron chi connectivity index (χ2n) is 4.03. The summed E-state index contributed by atoms with van der Waals surface area (Å²) in [6, 6.07) is -0.494. The minimum Gasteiger partial charge on any atom is -0.349 e. The van der Waals surface area contributed by atoms with Gasteiger partial charge in [-0.25, -0.2) is 5.06 Å². The maximum atomic E-state index is 11.5. The normalized spacial score (nSPS) is 31.9. The Kier molecular flexibility index (Phi) is 2.73. The fraction of sp³-hybridized carbons (Fsp3) is 0.800. The Balaban J connectivity index is 2.36. The average molecular weight is 229 g/mol. The van der Waals surface area contributed by atoms with Gasteiger partial charge in [-0.15, -0.1) is 0 Å². The molecule has 90 valence electrons. The van der Waals surface area contributed by atoms with Crippen LogP contribution in [-0.4, -0.2) is 48.9 Å². The molecule has 0 aromatic rings. The van der Waals surface area contributed by atoms with Crippen molar-refractivity contribution in [1.82, 2.24) is 5.06 Å². The number of Topliss-reactive ketones (excluding diaryl/α,β-unsaturated/α-hetero) is 1.